The van der Waals surface area contributed by atoms with Gasteiger partial charge in [-0.15, -0.1) is 0 Å². The van der Waals surface area contributed by atoms with Crippen LogP contribution in [0.3, 0.4) is 0 Å². The zero-order valence-corrected chi connectivity index (χ0v) is 11.6. The number of aliphatic hydroxyl groups excluding tert-OH is 1. The number of likely N-dealkylation sites (tertiary alicyclic amines) is 1. The van der Waals surface area contributed by atoms with Crippen molar-refractivity contribution in [3.63, 3.8) is 0 Å². The minimum atomic E-state index is -1.13. The van der Waals surface area contributed by atoms with Crippen LogP contribution in [0.15, 0.2) is 18.2 Å². The number of aryl methyl sites for hydroxylation is 1. The number of amides is 2. The number of carbonyl (C=O) groups excluding carboxylic acids is 1. The van der Waals surface area contributed by atoms with Gasteiger partial charge in [0.15, 0.2) is 0 Å². The molecule has 1 aromatic rings. The number of benzene rings is 1. The van der Waals surface area contributed by atoms with Crippen molar-refractivity contribution in [1.29, 1.82) is 0 Å². The molecule has 3 N–H and O–H groups in total. The Morgan fingerprint density at radius 1 is 1.45 bits per heavy atom. The van der Waals surface area contributed by atoms with Crippen LogP contribution in [0.1, 0.15) is 12.0 Å². The highest BCUT2D eigenvalue weighted by molar-refractivity contribution is 6.31. The maximum atomic E-state index is 12.1. The van der Waals surface area contributed by atoms with Crippen molar-refractivity contribution in [3.05, 3.63) is 28.8 Å². The molecule has 6 nitrogen and oxygen atoms in total. The van der Waals surface area contributed by atoms with Gasteiger partial charge in [0.1, 0.15) is 6.04 Å². The van der Waals surface area contributed by atoms with Crippen molar-refractivity contribution >= 4 is 29.3 Å². The molecule has 2 atom stereocenters. The van der Waals surface area contributed by atoms with Gasteiger partial charge in [0.2, 0.25) is 0 Å². The number of halogens is 1. The first-order valence-electron chi connectivity index (χ1n) is 6.13. The fourth-order valence-electron chi connectivity index (χ4n) is 2.14. The van der Waals surface area contributed by atoms with Gasteiger partial charge in [-0.2, -0.15) is 0 Å². The summed E-state index contributed by atoms with van der Waals surface area (Å²) in [5, 5.41) is 21.6. The molecule has 1 fully saturated rings. The number of aliphatic hydroxyl groups is 1. The lowest BCUT2D eigenvalue weighted by molar-refractivity contribution is -0.141. The largest absolute Gasteiger partial charge is 0.480 e. The van der Waals surface area contributed by atoms with Crippen LogP contribution in [0.2, 0.25) is 5.02 Å². The van der Waals surface area contributed by atoms with Gasteiger partial charge in [-0.3, -0.25) is 0 Å². The Kier molecular flexibility index (Phi) is 4.15. The van der Waals surface area contributed by atoms with Gasteiger partial charge in [0.25, 0.3) is 0 Å². The van der Waals surface area contributed by atoms with E-state index >= 15 is 0 Å². The highest BCUT2D eigenvalue weighted by atomic mass is 35.5. The second-order valence-electron chi connectivity index (χ2n) is 4.79. The number of carboxylic acid groups (broad SMARTS) is 1. The molecule has 20 heavy (non-hydrogen) atoms. The van der Waals surface area contributed by atoms with Crippen LogP contribution >= 0.6 is 11.6 Å². The smallest absolute Gasteiger partial charge is 0.326 e. The quantitative estimate of drug-likeness (QED) is 0.775. The lowest BCUT2D eigenvalue weighted by Gasteiger charge is -2.21. The van der Waals surface area contributed by atoms with Crippen LogP contribution in [0.4, 0.5) is 10.5 Å². The Bertz CT molecular complexity index is 549. The van der Waals surface area contributed by atoms with Crippen molar-refractivity contribution in [1.82, 2.24) is 4.90 Å². The van der Waals surface area contributed by atoms with Gasteiger partial charge in [-0.1, -0.05) is 17.7 Å². The topological polar surface area (TPSA) is 89.9 Å². The summed E-state index contributed by atoms with van der Waals surface area (Å²) in [6.07, 6.45) is -0.777. The van der Waals surface area contributed by atoms with Gasteiger partial charge in [-0.05, 0) is 24.6 Å². The molecule has 0 aromatic heterocycles. The molecule has 1 aromatic carbocycles. The summed E-state index contributed by atoms with van der Waals surface area (Å²) in [6.45, 7) is 1.84. The molecule has 0 bridgehead atoms. The van der Waals surface area contributed by atoms with E-state index in [9.17, 15) is 14.7 Å². The molecule has 1 unspecified atom stereocenters. The monoisotopic (exact) mass is 298 g/mol. The van der Waals surface area contributed by atoms with Gasteiger partial charge >= 0.3 is 12.0 Å². The summed E-state index contributed by atoms with van der Waals surface area (Å²) in [6, 6.07) is 3.46. The fourth-order valence-corrected chi connectivity index (χ4v) is 2.32. The molecule has 2 rings (SSSR count). The number of nitrogens with one attached hydrogen (secondary N) is 1. The van der Waals surface area contributed by atoms with E-state index in [-0.39, 0.29) is 13.0 Å². The Morgan fingerprint density at radius 2 is 2.15 bits per heavy atom. The molecule has 0 aliphatic carbocycles. The summed E-state index contributed by atoms with van der Waals surface area (Å²) in [5.41, 5.74) is 1.36. The molecule has 2 amide bonds. The first-order valence-corrected chi connectivity index (χ1v) is 6.51. The van der Waals surface area contributed by atoms with Crippen LogP contribution in [0, 0.1) is 6.92 Å². The van der Waals surface area contributed by atoms with E-state index < -0.39 is 24.1 Å². The molecule has 0 radical (unpaired) electrons. The third kappa shape index (κ3) is 3.02. The second kappa shape index (κ2) is 5.68. The van der Waals surface area contributed by atoms with Crippen LogP contribution in [-0.4, -0.2) is 45.8 Å². The van der Waals surface area contributed by atoms with E-state index in [1.54, 1.807) is 18.2 Å². The Hall–Kier alpha value is -1.79. The summed E-state index contributed by atoms with van der Waals surface area (Å²) >= 11 is 5.96. The number of β-amino-alcohol motifs (C(OH)–C–C–N with tert-alkyl or cyclic N) is 1. The van der Waals surface area contributed by atoms with Crippen molar-refractivity contribution in [3.8, 4) is 0 Å². The van der Waals surface area contributed by atoms with E-state index in [1.165, 1.54) is 0 Å². The van der Waals surface area contributed by atoms with Gasteiger partial charge in [0.05, 0.1) is 6.10 Å². The van der Waals surface area contributed by atoms with E-state index in [4.69, 9.17) is 16.7 Å². The minimum Gasteiger partial charge on any atom is -0.480 e. The molecule has 0 saturated carbocycles. The Balaban J connectivity index is 2.11. The highest BCUT2D eigenvalue weighted by Gasteiger charge is 2.38. The number of urea groups is 1. The van der Waals surface area contributed by atoms with E-state index in [2.05, 4.69) is 5.32 Å². The maximum absolute atomic E-state index is 12.1. The minimum absolute atomic E-state index is 0.00237. The molecule has 0 spiro atoms. The molecular weight excluding hydrogens is 284 g/mol. The second-order valence-corrected chi connectivity index (χ2v) is 5.20. The first kappa shape index (κ1) is 14.6. The van der Waals surface area contributed by atoms with Crippen LogP contribution in [0.5, 0.6) is 0 Å². The van der Waals surface area contributed by atoms with Crippen LogP contribution in [-0.2, 0) is 4.79 Å². The van der Waals surface area contributed by atoms with Crippen molar-refractivity contribution < 1.29 is 19.8 Å². The predicted molar refractivity (Wildman–Crippen MR) is 74.0 cm³/mol. The molecular formula is C13H15ClN2O4. The average Bonchev–Trinajstić information content (AvgIpc) is 2.76. The van der Waals surface area contributed by atoms with Crippen molar-refractivity contribution in [2.24, 2.45) is 0 Å². The number of carbonyl (C=O) groups is 2. The molecule has 1 heterocycles. The molecule has 7 heteroatoms. The van der Waals surface area contributed by atoms with E-state index in [0.717, 1.165) is 10.5 Å². The number of aliphatic carboxylic acids is 1. The summed E-state index contributed by atoms with van der Waals surface area (Å²) < 4.78 is 0. The Morgan fingerprint density at radius 3 is 2.75 bits per heavy atom. The summed E-state index contributed by atoms with van der Waals surface area (Å²) in [5.74, 6) is -1.13. The van der Waals surface area contributed by atoms with Gasteiger partial charge in [0, 0.05) is 23.7 Å². The Labute approximate surface area is 121 Å². The maximum Gasteiger partial charge on any atom is 0.326 e. The van der Waals surface area contributed by atoms with Crippen LogP contribution < -0.4 is 5.32 Å². The first-order chi connectivity index (χ1) is 9.38. The number of carboxylic acids is 1. The van der Waals surface area contributed by atoms with Crippen molar-refractivity contribution in [2.75, 3.05) is 11.9 Å². The third-order valence-corrected chi connectivity index (χ3v) is 3.66. The number of rotatable bonds is 2. The molecule has 108 valence electrons. The summed E-state index contributed by atoms with van der Waals surface area (Å²) in [4.78, 5) is 24.2. The average molecular weight is 299 g/mol. The van der Waals surface area contributed by atoms with E-state index in [1.807, 2.05) is 6.92 Å². The normalized spacial score (nSPS) is 21.9. The third-order valence-electron chi connectivity index (χ3n) is 3.25. The standard InChI is InChI=1S/C13H15ClN2O4/c1-7-2-3-8(4-10(7)14)15-13(20)16-6-9(17)5-11(16)12(18)19/h2-4,9,11,17H,5-6H2,1H3,(H,15,20)(H,18,19)/t9?,11-/m0/s1. The summed E-state index contributed by atoms with van der Waals surface area (Å²) in [7, 11) is 0. The van der Waals surface area contributed by atoms with Gasteiger partial charge < -0.3 is 20.4 Å². The zero-order valence-electron chi connectivity index (χ0n) is 10.8. The number of hydrogen-bond donors (Lipinski definition) is 3. The lowest BCUT2D eigenvalue weighted by Crippen LogP contribution is -2.43. The number of nitrogens with zero attached hydrogens (tertiary/aromatic N) is 1. The number of hydrogen-bond acceptors (Lipinski definition) is 3. The van der Waals surface area contributed by atoms with Crippen molar-refractivity contribution in [2.45, 2.75) is 25.5 Å². The van der Waals surface area contributed by atoms with Crippen LogP contribution in [0.25, 0.3) is 0 Å². The predicted octanol–water partition coefficient (Wildman–Crippen LogP) is 1.70. The lowest BCUT2D eigenvalue weighted by atomic mass is 10.2. The SMILES string of the molecule is Cc1ccc(NC(=O)N2CC(O)C[C@H]2C(=O)O)cc1Cl. The van der Waals surface area contributed by atoms with E-state index in [0.29, 0.717) is 10.7 Å². The zero-order chi connectivity index (χ0) is 14.9. The van der Waals surface area contributed by atoms with Gasteiger partial charge in [-0.25, -0.2) is 9.59 Å². The number of anilines is 1. The molecule has 1 aliphatic rings. The fraction of sp³-hybridized carbons (Fsp3) is 0.385. The molecule has 1 aliphatic heterocycles. The highest BCUT2D eigenvalue weighted by Crippen LogP contribution is 2.22. The molecule has 1 saturated heterocycles.